The first-order chi connectivity index (χ1) is 3.12. The van der Waals surface area contributed by atoms with Gasteiger partial charge in [0.1, 0.15) is 0 Å². The van der Waals surface area contributed by atoms with Crippen molar-refractivity contribution >= 4 is 0 Å². The third-order valence-corrected chi connectivity index (χ3v) is 0.400. The van der Waals surface area contributed by atoms with Crippen LogP contribution in [0.5, 0.6) is 0 Å². The number of alkyl halides is 2. The zero-order valence-electron chi connectivity index (χ0n) is 3.75. The lowest BCUT2D eigenvalue weighted by Gasteiger charge is -2.06. The van der Waals surface area contributed by atoms with Crippen molar-refractivity contribution in [2.75, 3.05) is 6.67 Å². The quantitative estimate of drug-likeness (QED) is 0.529. The smallest absolute Gasteiger partial charge is 0.245 e. The van der Waals surface area contributed by atoms with Crippen LogP contribution in [0.15, 0.2) is 0 Å². The molecule has 0 amide bonds. The summed E-state index contributed by atoms with van der Waals surface area (Å²) in [5, 5.41) is 0. The fourth-order valence-corrected chi connectivity index (χ4v) is 0.0206. The van der Waals surface area contributed by atoms with Crippen LogP contribution in [-0.4, -0.2) is 12.5 Å². The maximum Gasteiger partial charge on any atom is 0.271 e. The van der Waals surface area contributed by atoms with Crippen molar-refractivity contribution < 1.29 is 18.2 Å². The fourth-order valence-electron chi connectivity index (χ4n) is 0.0206. The van der Waals surface area contributed by atoms with Gasteiger partial charge in [-0.15, -0.1) is 0 Å². The van der Waals surface area contributed by atoms with Crippen LogP contribution in [0, 0.1) is 0 Å². The van der Waals surface area contributed by atoms with Gasteiger partial charge in [0, 0.05) is 6.92 Å². The lowest BCUT2D eigenvalue weighted by molar-refractivity contribution is -0.289. The van der Waals surface area contributed by atoms with Gasteiger partial charge in [-0.2, -0.15) is 4.94 Å². The van der Waals surface area contributed by atoms with Crippen LogP contribution in [0.4, 0.5) is 13.3 Å². The fraction of sp³-hybridized carbons (Fsp3) is 1.00. The maximum absolute atomic E-state index is 11.6. The lowest BCUT2D eigenvalue weighted by atomic mass is 10.4. The molecule has 0 saturated carbocycles. The van der Waals surface area contributed by atoms with Gasteiger partial charge in [0.25, 0.3) is 5.85 Å². The Morgan fingerprint density at radius 3 is 2.14 bits per heavy atom. The van der Waals surface area contributed by atoms with Crippen LogP contribution in [-0.2, 0) is 4.94 Å². The van der Waals surface area contributed by atoms with Crippen molar-refractivity contribution in [1.82, 2.24) is 0 Å². The molecule has 0 N–H and O–H groups in total. The standard InChI is InChI=1S/C3H5F3O/c1-3(5,2-4)7-6/h2H2,1H3. The van der Waals surface area contributed by atoms with E-state index in [1.165, 1.54) is 0 Å². The third kappa shape index (κ3) is 2.45. The molecule has 0 bridgehead atoms. The van der Waals surface area contributed by atoms with Gasteiger partial charge in [-0.25, -0.2) is 8.78 Å². The van der Waals surface area contributed by atoms with Crippen molar-refractivity contribution in [2.45, 2.75) is 12.8 Å². The van der Waals surface area contributed by atoms with Crippen molar-refractivity contribution in [1.29, 1.82) is 0 Å². The van der Waals surface area contributed by atoms with Gasteiger partial charge in [-0.05, 0) is 4.53 Å². The molecule has 0 aromatic rings. The highest BCUT2D eigenvalue weighted by Crippen LogP contribution is 2.11. The summed E-state index contributed by atoms with van der Waals surface area (Å²) in [6.07, 6.45) is 0. The largest absolute Gasteiger partial charge is 0.271 e. The van der Waals surface area contributed by atoms with E-state index in [0.717, 1.165) is 0 Å². The molecule has 0 aliphatic rings. The van der Waals surface area contributed by atoms with Crippen LogP contribution in [0.3, 0.4) is 0 Å². The van der Waals surface area contributed by atoms with E-state index in [1.54, 1.807) is 0 Å². The highest BCUT2D eigenvalue weighted by Gasteiger charge is 2.24. The lowest BCUT2D eigenvalue weighted by Crippen LogP contribution is -2.20. The van der Waals surface area contributed by atoms with Gasteiger partial charge in [0.05, 0.1) is 0 Å². The predicted molar refractivity (Wildman–Crippen MR) is 17.7 cm³/mol. The second-order valence-corrected chi connectivity index (χ2v) is 1.31. The second kappa shape index (κ2) is 2.16. The summed E-state index contributed by atoms with van der Waals surface area (Å²) in [6, 6.07) is 0. The molecule has 0 heterocycles. The Labute approximate surface area is 39.0 Å². The average Bonchev–Trinajstić information content (AvgIpc) is 1.68. The predicted octanol–water partition coefficient (Wildman–Crippen LogP) is 1.54. The van der Waals surface area contributed by atoms with E-state index in [4.69, 9.17) is 0 Å². The Hall–Kier alpha value is -0.250. The van der Waals surface area contributed by atoms with Crippen LogP contribution in [0.25, 0.3) is 0 Å². The zero-order valence-corrected chi connectivity index (χ0v) is 3.75. The Morgan fingerprint density at radius 1 is 1.71 bits per heavy atom. The average molecular weight is 114 g/mol. The first kappa shape index (κ1) is 6.75. The first-order valence-electron chi connectivity index (χ1n) is 1.67. The molecule has 7 heavy (non-hydrogen) atoms. The molecule has 0 spiro atoms. The minimum atomic E-state index is -2.75. The van der Waals surface area contributed by atoms with E-state index in [2.05, 4.69) is 4.94 Å². The summed E-state index contributed by atoms with van der Waals surface area (Å²) in [6.45, 7) is -0.809. The normalized spacial score (nSPS) is 18.9. The van der Waals surface area contributed by atoms with E-state index in [1.807, 2.05) is 0 Å². The van der Waals surface area contributed by atoms with Crippen molar-refractivity contribution in [3.63, 3.8) is 0 Å². The van der Waals surface area contributed by atoms with E-state index in [0.29, 0.717) is 6.92 Å². The summed E-state index contributed by atoms with van der Waals surface area (Å²) in [5.74, 6) is -2.75. The molecule has 0 saturated heterocycles. The van der Waals surface area contributed by atoms with Gasteiger partial charge >= 0.3 is 0 Å². The molecule has 4 heteroatoms. The summed E-state index contributed by atoms with van der Waals surface area (Å²) >= 11 is 0. The van der Waals surface area contributed by atoms with Crippen LogP contribution < -0.4 is 0 Å². The molecule has 1 unspecified atom stereocenters. The summed E-state index contributed by atoms with van der Waals surface area (Å²) in [5.41, 5.74) is 0. The number of hydrogen-bond donors (Lipinski definition) is 0. The summed E-state index contributed by atoms with van der Waals surface area (Å²) in [4.78, 5) is 2.55. The molecule has 0 rings (SSSR count). The topological polar surface area (TPSA) is 9.23 Å². The minimum Gasteiger partial charge on any atom is -0.245 e. The second-order valence-electron chi connectivity index (χ2n) is 1.31. The molecule has 0 aliphatic heterocycles. The Kier molecular flexibility index (Phi) is 2.08. The molecule has 0 aliphatic carbocycles. The molecule has 0 radical (unpaired) electrons. The van der Waals surface area contributed by atoms with Crippen molar-refractivity contribution in [3.8, 4) is 0 Å². The molecule has 1 atom stereocenters. The van der Waals surface area contributed by atoms with Gasteiger partial charge < -0.3 is 0 Å². The van der Waals surface area contributed by atoms with E-state index < -0.39 is 12.5 Å². The van der Waals surface area contributed by atoms with Crippen LogP contribution in [0.1, 0.15) is 6.92 Å². The Bertz CT molecular complexity index is 48.1. The van der Waals surface area contributed by atoms with Crippen LogP contribution in [0.2, 0.25) is 0 Å². The monoisotopic (exact) mass is 114 g/mol. The molecule has 0 aromatic heterocycles. The summed E-state index contributed by atoms with van der Waals surface area (Å²) in [7, 11) is 0. The zero-order chi connectivity index (χ0) is 5.91. The molecule has 1 nitrogen and oxygen atoms in total. The first-order valence-corrected chi connectivity index (χ1v) is 1.67. The number of rotatable bonds is 2. The van der Waals surface area contributed by atoms with Gasteiger partial charge in [-0.3, -0.25) is 0 Å². The molecular formula is C3H5F3O. The van der Waals surface area contributed by atoms with E-state index in [-0.39, 0.29) is 0 Å². The van der Waals surface area contributed by atoms with Crippen molar-refractivity contribution in [3.05, 3.63) is 0 Å². The van der Waals surface area contributed by atoms with Crippen LogP contribution >= 0.6 is 0 Å². The highest BCUT2D eigenvalue weighted by molar-refractivity contribution is 4.52. The highest BCUT2D eigenvalue weighted by atomic mass is 19.3. The number of hydrogen-bond acceptors (Lipinski definition) is 1. The SMILES string of the molecule is CC(F)(CF)OF. The Morgan fingerprint density at radius 2 is 2.14 bits per heavy atom. The Balaban J connectivity index is 3.36. The molecule has 44 valence electrons. The molecular weight excluding hydrogens is 109 g/mol. The number of halogens is 3. The summed E-state index contributed by atoms with van der Waals surface area (Å²) < 4.78 is 33.3. The van der Waals surface area contributed by atoms with E-state index >= 15 is 0 Å². The minimum absolute atomic E-state index is 0.660. The van der Waals surface area contributed by atoms with Crippen molar-refractivity contribution in [2.24, 2.45) is 0 Å². The molecule has 0 fully saturated rings. The third-order valence-electron chi connectivity index (χ3n) is 0.400. The maximum atomic E-state index is 11.6. The van der Waals surface area contributed by atoms with E-state index in [9.17, 15) is 13.3 Å². The van der Waals surface area contributed by atoms with Gasteiger partial charge in [0.2, 0.25) is 0 Å². The molecule has 0 aromatic carbocycles. The van der Waals surface area contributed by atoms with Gasteiger partial charge in [0.15, 0.2) is 6.67 Å². The van der Waals surface area contributed by atoms with Gasteiger partial charge in [-0.1, -0.05) is 0 Å².